The van der Waals surface area contributed by atoms with Gasteiger partial charge in [0.25, 0.3) is 0 Å². The standard InChI is InChI=1S/C15H24FN3O/c1-11(19-6-4-3-5-7-19)10-18-14-9-15(20-2)13(17)8-12(14)16/h8-9,11,18H,3-7,10,17H2,1-2H3. The quantitative estimate of drug-likeness (QED) is 0.815. The molecule has 5 heteroatoms. The fourth-order valence-electron chi connectivity index (χ4n) is 2.63. The second-order valence-corrected chi connectivity index (χ2v) is 5.40. The van der Waals surface area contributed by atoms with Crippen LogP contribution in [0.2, 0.25) is 0 Å². The predicted molar refractivity (Wildman–Crippen MR) is 80.7 cm³/mol. The summed E-state index contributed by atoms with van der Waals surface area (Å²) in [6.07, 6.45) is 3.84. The van der Waals surface area contributed by atoms with Crippen LogP contribution in [0.15, 0.2) is 12.1 Å². The van der Waals surface area contributed by atoms with E-state index >= 15 is 0 Å². The van der Waals surface area contributed by atoms with Crippen molar-refractivity contribution in [3.63, 3.8) is 0 Å². The molecule has 2 rings (SSSR count). The van der Waals surface area contributed by atoms with E-state index < -0.39 is 0 Å². The predicted octanol–water partition coefficient (Wildman–Crippen LogP) is 2.70. The summed E-state index contributed by atoms with van der Waals surface area (Å²) in [5.74, 6) is 0.161. The first-order chi connectivity index (χ1) is 9.61. The molecule has 1 aromatic carbocycles. The molecular weight excluding hydrogens is 257 g/mol. The first kappa shape index (κ1) is 14.9. The van der Waals surface area contributed by atoms with Gasteiger partial charge < -0.3 is 15.8 Å². The molecule has 1 fully saturated rings. The van der Waals surface area contributed by atoms with Crippen LogP contribution in [0.1, 0.15) is 26.2 Å². The number of likely N-dealkylation sites (tertiary alicyclic amines) is 1. The van der Waals surface area contributed by atoms with Gasteiger partial charge in [-0.25, -0.2) is 4.39 Å². The Morgan fingerprint density at radius 1 is 1.35 bits per heavy atom. The summed E-state index contributed by atoms with van der Waals surface area (Å²) in [5.41, 5.74) is 6.44. The highest BCUT2D eigenvalue weighted by Crippen LogP contribution is 2.28. The molecule has 3 N–H and O–H groups in total. The number of halogens is 1. The third kappa shape index (κ3) is 3.54. The SMILES string of the molecule is COc1cc(NCC(C)N2CCCCC2)c(F)cc1N. The summed E-state index contributed by atoms with van der Waals surface area (Å²) < 4.78 is 19.0. The Bertz CT molecular complexity index is 447. The number of ether oxygens (including phenoxy) is 1. The maximum atomic E-state index is 13.8. The lowest BCUT2D eigenvalue weighted by atomic mass is 10.1. The van der Waals surface area contributed by atoms with Crippen molar-refractivity contribution in [2.45, 2.75) is 32.2 Å². The zero-order chi connectivity index (χ0) is 14.5. The Labute approximate surface area is 120 Å². The van der Waals surface area contributed by atoms with E-state index in [4.69, 9.17) is 10.5 Å². The second kappa shape index (κ2) is 6.79. The van der Waals surface area contributed by atoms with Gasteiger partial charge >= 0.3 is 0 Å². The van der Waals surface area contributed by atoms with Crippen LogP contribution in [-0.4, -0.2) is 37.7 Å². The summed E-state index contributed by atoms with van der Waals surface area (Å²) in [4.78, 5) is 2.45. The number of nitrogen functional groups attached to an aromatic ring is 1. The van der Waals surface area contributed by atoms with Crippen molar-refractivity contribution in [3.8, 4) is 5.75 Å². The van der Waals surface area contributed by atoms with Crippen molar-refractivity contribution in [1.82, 2.24) is 4.90 Å². The van der Waals surface area contributed by atoms with Crippen molar-refractivity contribution >= 4 is 11.4 Å². The average molecular weight is 281 g/mol. The van der Waals surface area contributed by atoms with E-state index in [1.807, 2.05) is 0 Å². The fourth-order valence-corrected chi connectivity index (χ4v) is 2.63. The number of hydrogen-bond donors (Lipinski definition) is 2. The smallest absolute Gasteiger partial charge is 0.148 e. The van der Waals surface area contributed by atoms with E-state index in [0.29, 0.717) is 29.7 Å². The molecule has 0 aliphatic carbocycles. The van der Waals surface area contributed by atoms with Gasteiger partial charge in [-0.3, -0.25) is 4.90 Å². The molecule has 0 bridgehead atoms. The van der Waals surface area contributed by atoms with Gasteiger partial charge in [0.2, 0.25) is 0 Å². The van der Waals surface area contributed by atoms with Gasteiger partial charge in [-0.15, -0.1) is 0 Å². The third-order valence-electron chi connectivity index (χ3n) is 3.92. The van der Waals surface area contributed by atoms with Crippen LogP contribution >= 0.6 is 0 Å². The molecule has 1 atom stereocenters. The minimum atomic E-state index is -0.339. The van der Waals surface area contributed by atoms with E-state index in [1.54, 1.807) is 6.07 Å². The minimum Gasteiger partial charge on any atom is -0.495 e. The van der Waals surface area contributed by atoms with Crippen LogP contribution in [0.25, 0.3) is 0 Å². The third-order valence-corrected chi connectivity index (χ3v) is 3.92. The molecule has 4 nitrogen and oxygen atoms in total. The van der Waals surface area contributed by atoms with Gasteiger partial charge in [0, 0.05) is 24.7 Å². The molecule has 1 aliphatic heterocycles. The van der Waals surface area contributed by atoms with Crippen molar-refractivity contribution in [2.24, 2.45) is 0 Å². The molecule has 1 aliphatic rings. The van der Waals surface area contributed by atoms with Crippen molar-refractivity contribution in [1.29, 1.82) is 0 Å². The van der Waals surface area contributed by atoms with Crippen LogP contribution in [0, 0.1) is 5.82 Å². The van der Waals surface area contributed by atoms with Crippen LogP contribution in [-0.2, 0) is 0 Å². The number of benzene rings is 1. The Morgan fingerprint density at radius 2 is 2.05 bits per heavy atom. The lowest BCUT2D eigenvalue weighted by Gasteiger charge is -2.32. The summed E-state index contributed by atoms with van der Waals surface area (Å²) in [6.45, 7) is 5.15. The maximum absolute atomic E-state index is 13.8. The number of nitrogens with zero attached hydrogens (tertiary/aromatic N) is 1. The minimum absolute atomic E-state index is 0.319. The van der Waals surface area contributed by atoms with Gasteiger partial charge in [-0.2, -0.15) is 0 Å². The average Bonchev–Trinajstić information content (AvgIpc) is 2.47. The molecule has 1 heterocycles. The van der Waals surface area contributed by atoms with Gasteiger partial charge in [-0.1, -0.05) is 6.42 Å². The van der Waals surface area contributed by atoms with Gasteiger partial charge in [-0.05, 0) is 32.9 Å². The van der Waals surface area contributed by atoms with Crippen LogP contribution in [0.5, 0.6) is 5.75 Å². The van der Waals surface area contributed by atoms with Gasteiger partial charge in [0.15, 0.2) is 0 Å². The lowest BCUT2D eigenvalue weighted by Crippen LogP contribution is -2.41. The zero-order valence-corrected chi connectivity index (χ0v) is 12.3. The fraction of sp³-hybridized carbons (Fsp3) is 0.600. The molecule has 20 heavy (non-hydrogen) atoms. The van der Waals surface area contributed by atoms with Crippen molar-refractivity contribution in [2.75, 3.05) is 37.8 Å². The topological polar surface area (TPSA) is 50.5 Å². The number of hydrogen-bond acceptors (Lipinski definition) is 4. The highest BCUT2D eigenvalue weighted by molar-refractivity contribution is 5.62. The Morgan fingerprint density at radius 3 is 2.70 bits per heavy atom. The molecule has 112 valence electrons. The van der Waals surface area contributed by atoms with Crippen molar-refractivity contribution in [3.05, 3.63) is 17.9 Å². The number of nitrogens with two attached hydrogens (primary N) is 1. The number of methoxy groups -OCH3 is 1. The monoisotopic (exact) mass is 281 g/mol. The number of rotatable bonds is 5. The molecule has 0 radical (unpaired) electrons. The molecule has 1 saturated heterocycles. The van der Waals surface area contributed by atoms with E-state index in [0.717, 1.165) is 13.1 Å². The van der Waals surface area contributed by atoms with Crippen LogP contribution in [0.3, 0.4) is 0 Å². The molecule has 0 saturated carbocycles. The summed E-state index contributed by atoms with van der Waals surface area (Å²) in [7, 11) is 1.53. The first-order valence-corrected chi connectivity index (χ1v) is 7.22. The molecule has 1 aromatic rings. The van der Waals surface area contributed by atoms with E-state index in [1.165, 1.54) is 32.4 Å². The Kier molecular flexibility index (Phi) is 5.06. The Hall–Kier alpha value is -1.49. The van der Waals surface area contributed by atoms with Gasteiger partial charge in [0.1, 0.15) is 11.6 Å². The number of piperidine rings is 1. The number of anilines is 2. The van der Waals surface area contributed by atoms with Crippen molar-refractivity contribution < 1.29 is 9.13 Å². The molecule has 0 aromatic heterocycles. The highest BCUT2D eigenvalue weighted by atomic mass is 19.1. The Balaban J connectivity index is 1.96. The van der Waals surface area contributed by atoms with Gasteiger partial charge in [0.05, 0.1) is 18.5 Å². The van der Waals surface area contributed by atoms with Crippen LogP contribution in [0.4, 0.5) is 15.8 Å². The summed E-state index contributed by atoms with van der Waals surface area (Å²) in [5, 5.41) is 3.16. The molecule has 0 amide bonds. The maximum Gasteiger partial charge on any atom is 0.148 e. The molecular formula is C15H24FN3O. The number of nitrogens with one attached hydrogen (secondary N) is 1. The normalized spacial score (nSPS) is 17.8. The molecule has 1 unspecified atom stereocenters. The first-order valence-electron chi connectivity index (χ1n) is 7.22. The zero-order valence-electron chi connectivity index (χ0n) is 12.3. The largest absolute Gasteiger partial charge is 0.495 e. The van der Waals surface area contributed by atoms with Crippen LogP contribution < -0.4 is 15.8 Å². The molecule has 0 spiro atoms. The summed E-state index contributed by atoms with van der Waals surface area (Å²) >= 11 is 0. The lowest BCUT2D eigenvalue weighted by molar-refractivity contribution is 0.180. The highest BCUT2D eigenvalue weighted by Gasteiger charge is 2.17. The second-order valence-electron chi connectivity index (χ2n) is 5.40. The van der Waals surface area contributed by atoms with E-state index in [-0.39, 0.29) is 5.82 Å². The van der Waals surface area contributed by atoms with E-state index in [9.17, 15) is 4.39 Å². The van der Waals surface area contributed by atoms with E-state index in [2.05, 4.69) is 17.1 Å². The summed E-state index contributed by atoms with van der Waals surface area (Å²) in [6, 6.07) is 3.30.